The second-order valence-electron chi connectivity index (χ2n) is 9.72. The fourth-order valence-electron chi connectivity index (χ4n) is 5.44. The number of hydrogen-bond acceptors (Lipinski definition) is 6. The fraction of sp³-hybridized carbons (Fsp3) is 0.0938. The normalized spacial score (nSPS) is 15.3. The molecule has 0 spiro atoms. The van der Waals surface area contributed by atoms with E-state index in [9.17, 15) is 4.39 Å². The molecule has 0 saturated heterocycles. The average molecular weight is 563 g/mol. The second-order valence-corrected chi connectivity index (χ2v) is 10.1. The fourth-order valence-corrected chi connectivity index (χ4v) is 5.62. The quantitative estimate of drug-likeness (QED) is 0.243. The summed E-state index contributed by atoms with van der Waals surface area (Å²) in [5.74, 6) is 2.03. The molecule has 0 fully saturated rings. The van der Waals surface area contributed by atoms with Gasteiger partial charge in [0.05, 0.1) is 40.9 Å². The van der Waals surface area contributed by atoms with Crippen LogP contribution < -0.4 is 15.0 Å². The van der Waals surface area contributed by atoms with Gasteiger partial charge in [-0.25, -0.2) is 19.1 Å². The van der Waals surface area contributed by atoms with Crippen molar-refractivity contribution in [1.82, 2.24) is 9.78 Å². The third kappa shape index (κ3) is 4.15. The molecule has 0 aliphatic carbocycles. The van der Waals surface area contributed by atoms with Gasteiger partial charge in [-0.1, -0.05) is 60.1 Å². The van der Waals surface area contributed by atoms with Crippen LogP contribution in [0.5, 0.6) is 5.75 Å². The molecule has 0 radical (unpaired) electrons. The van der Waals surface area contributed by atoms with Crippen LogP contribution in [0, 0.1) is 12.7 Å². The minimum Gasteiger partial charge on any atom is -0.496 e. The van der Waals surface area contributed by atoms with Gasteiger partial charge in [-0.3, -0.25) is 0 Å². The van der Waals surface area contributed by atoms with Gasteiger partial charge < -0.3 is 15.0 Å². The Morgan fingerprint density at radius 1 is 0.902 bits per heavy atom. The number of fused-ring (bicyclic) bond motifs is 4. The summed E-state index contributed by atoms with van der Waals surface area (Å²) in [5, 5.41) is 8.33. The van der Waals surface area contributed by atoms with Crippen molar-refractivity contribution in [2.75, 3.05) is 17.3 Å². The number of hydrogen-bond donors (Lipinski definition) is 1. The van der Waals surface area contributed by atoms with Gasteiger partial charge in [-0.05, 0) is 55.5 Å². The van der Waals surface area contributed by atoms with Gasteiger partial charge in [0, 0.05) is 16.8 Å². The molecule has 9 heteroatoms. The molecule has 7 rings (SSSR count). The first-order valence-corrected chi connectivity index (χ1v) is 13.5. The first-order chi connectivity index (χ1) is 20.0. The number of aromatic nitrogens is 2. The van der Waals surface area contributed by atoms with Gasteiger partial charge in [0.25, 0.3) is 0 Å². The van der Waals surface area contributed by atoms with E-state index in [1.807, 2.05) is 84.4 Å². The highest BCUT2D eigenvalue weighted by Gasteiger charge is 2.42. The Morgan fingerprint density at radius 3 is 2.46 bits per heavy atom. The number of benzene rings is 4. The predicted octanol–water partition coefficient (Wildman–Crippen LogP) is 7.78. The molecule has 1 aromatic heterocycles. The number of aliphatic imine (C=N–C) groups is 2. The molecule has 1 atom stereocenters. The maximum Gasteiger partial charge on any atom is 0.179 e. The lowest BCUT2D eigenvalue weighted by Crippen LogP contribution is -2.46. The summed E-state index contributed by atoms with van der Waals surface area (Å²) in [6.45, 7) is 2.00. The van der Waals surface area contributed by atoms with E-state index in [0.29, 0.717) is 23.2 Å². The van der Waals surface area contributed by atoms with Gasteiger partial charge in [0.2, 0.25) is 0 Å². The van der Waals surface area contributed by atoms with E-state index < -0.39 is 5.82 Å². The Balaban J connectivity index is 1.51. The van der Waals surface area contributed by atoms with E-state index in [0.717, 1.165) is 39.6 Å². The Hall–Kier alpha value is -4.95. The molecular weight excluding hydrogens is 539 g/mol. The maximum atomic E-state index is 14.0. The van der Waals surface area contributed by atoms with Crippen LogP contribution in [0.3, 0.4) is 0 Å². The first kappa shape index (κ1) is 25.0. The molecule has 7 nitrogen and oxygen atoms in total. The van der Waals surface area contributed by atoms with Crippen molar-refractivity contribution in [3.05, 3.63) is 125 Å². The van der Waals surface area contributed by atoms with Crippen LogP contribution in [0.1, 0.15) is 22.9 Å². The molecule has 202 valence electrons. The summed E-state index contributed by atoms with van der Waals surface area (Å²) in [6.07, 6.45) is 0. The van der Waals surface area contributed by atoms with Crippen molar-refractivity contribution in [2.24, 2.45) is 9.98 Å². The summed E-state index contributed by atoms with van der Waals surface area (Å²) < 4.78 is 21.7. The lowest BCUT2D eigenvalue weighted by atomic mass is 9.92. The zero-order valence-electron chi connectivity index (χ0n) is 22.2. The molecule has 41 heavy (non-hydrogen) atoms. The number of aryl methyl sites for hydroxylation is 1. The van der Waals surface area contributed by atoms with Crippen molar-refractivity contribution in [2.45, 2.75) is 13.0 Å². The van der Waals surface area contributed by atoms with Crippen LogP contribution in [-0.2, 0) is 0 Å². The van der Waals surface area contributed by atoms with Crippen LogP contribution in [0.4, 0.5) is 27.3 Å². The summed E-state index contributed by atoms with van der Waals surface area (Å²) >= 11 is 6.12. The highest BCUT2D eigenvalue weighted by molar-refractivity contribution is 6.51. The topological polar surface area (TPSA) is 67.0 Å². The summed E-state index contributed by atoms with van der Waals surface area (Å²) in [7, 11) is 1.68. The smallest absolute Gasteiger partial charge is 0.179 e. The Morgan fingerprint density at radius 2 is 1.66 bits per heavy atom. The number of amidine groups is 2. The number of nitrogens with one attached hydrogen (secondary N) is 1. The van der Waals surface area contributed by atoms with Crippen molar-refractivity contribution in [1.29, 1.82) is 0 Å². The number of rotatable bonds is 4. The van der Waals surface area contributed by atoms with Crippen molar-refractivity contribution in [3.63, 3.8) is 0 Å². The summed E-state index contributed by atoms with van der Waals surface area (Å²) in [5.41, 5.74) is 5.90. The first-order valence-electron chi connectivity index (χ1n) is 13.1. The molecule has 2 aliphatic heterocycles. The minimum atomic E-state index is -0.493. The molecule has 2 aliphatic rings. The molecule has 4 aromatic carbocycles. The van der Waals surface area contributed by atoms with Gasteiger partial charge in [0.15, 0.2) is 17.5 Å². The SMILES string of the molecule is COc1ccccc1[C@@H]1c2c(C)nn(-c3ccccc3)c2N=C2C(Nc3ccc(F)c(Cl)c3)=Nc3ccccc3N21. The predicted molar refractivity (Wildman–Crippen MR) is 161 cm³/mol. The number of nitrogens with zero attached hydrogens (tertiary/aromatic N) is 5. The Labute approximate surface area is 241 Å². The third-order valence-electron chi connectivity index (χ3n) is 7.25. The Kier molecular flexibility index (Phi) is 6.05. The van der Waals surface area contributed by atoms with Gasteiger partial charge >= 0.3 is 0 Å². The Bertz CT molecular complexity index is 1870. The number of methoxy groups -OCH3 is 1. The lowest BCUT2D eigenvalue weighted by Gasteiger charge is -2.41. The van der Waals surface area contributed by atoms with E-state index in [4.69, 9.17) is 31.4 Å². The van der Waals surface area contributed by atoms with E-state index in [1.165, 1.54) is 12.1 Å². The van der Waals surface area contributed by atoms with Crippen LogP contribution in [0.2, 0.25) is 5.02 Å². The number of ether oxygens (including phenoxy) is 1. The summed E-state index contributed by atoms with van der Waals surface area (Å²) in [6, 6.07) is 30.0. The standard InChI is InChI=1S/C32H24ClFN6O/c1-19-28-29(22-12-6-9-15-27(22)41-2)39-26-14-8-7-13-25(26)36-30(35-20-16-17-24(34)23(33)18-20)32(39)37-31(28)40(38-19)21-10-4-3-5-11-21/h3-18,29H,1-2H3,(H,35,36)/t29-/m1/s1. The van der Waals surface area contributed by atoms with Gasteiger partial charge in [-0.2, -0.15) is 5.10 Å². The van der Waals surface area contributed by atoms with E-state index in [1.54, 1.807) is 13.2 Å². The van der Waals surface area contributed by atoms with E-state index >= 15 is 0 Å². The van der Waals surface area contributed by atoms with Crippen LogP contribution in [-0.4, -0.2) is 28.6 Å². The molecular formula is C32H24ClFN6O. The zero-order valence-corrected chi connectivity index (χ0v) is 23.0. The van der Waals surface area contributed by atoms with Crippen LogP contribution in [0.25, 0.3) is 5.69 Å². The van der Waals surface area contributed by atoms with Crippen molar-refractivity contribution >= 4 is 46.2 Å². The highest BCUT2D eigenvalue weighted by Crippen LogP contribution is 2.49. The molecule has 0 unspecified atom stereocenters. The molecule has 0 bridgehead atoms. The highest BCUT2D eigenvalue weighted by atomic mass is 35.5. The second kappa shape index (κ2) is 9.91. The van der Waals surface area contributed by atoms with Crippen LogP contribution in [0.15, 0.2) is 107 Å². The molecule has 0 amide bonds. The lowest BCUT2D eigenvalue weighted by molar-refractivity contribution is 0.407. The molecule has 5 aromatic rings. The van der Waals surface area contributed by atoms with Crippen molar-refractivity contribution < 1.29 is 9.13 Å². The number of anilines is 2. The average Bonchev–Trinajstić information content (AvgIpc) is 3.34. The minimum absolute atomic E-state index is 0.0150. The van der Waals surface area contributed by atoms with E-state index in [-0.39, 0.29) is 11.1 Å². The van der Waals surface area contributed by atoms with Gasteiger partial charge in [-0.15, -0.1) is 0 Å². The van der Waals surface area contributed by atoms with Gasteiger partial charge in [0.1, 0.15) is 11.6 Å². The zero-order chi connectivity index (χ0) is 28.1. The molecule has 0 saturated carbocycles. The van der Waals surface area contributed by atoms with E-state index in [2.05, 4.69) is 16.3 Å². The maximum absolute atomic E-state index is 14.0. The summed E-state index contributed by atoms with van der Waals surface area (Å²) in [4.78, 5) is 12.3. The monoisotopic (exact) mass is 562 g/mol. The largest absolute Gasteiger partial charge is 0.496 e. The molecule has 3 heterocycles. The third-order valence-corrected chi connectivity index (χ3v) is 7.54. The van der Waals surface area contributed by atoms with Crippen LogP contribution >= 0.6 is 11.6 Å². The molecule has 1 N–H and O–H groups in total. The number of halogens is 2. The van der Waals surface area contributed by atoms with Crippen molar-refractivity contribution in [3.8, 4) is 11.4 Å². The number of para-hydroxylation sites is 4.